The molecule has 0 aromatic carbocycles. The summed E-state index contributed by atoms with van der Waals surface area (Å²) in [6, 6.07) is 0. The number of carbonyl (C=O) groups excluding carboxylic acids is 1. The summed E-state index contributed by atoms with van der Waals surface area (Å²) in [4.78, 5) is 11.8. The lowest BCUT2D eigenvalue weighted by molar-refractivity contribution is -0.150. The van der Waals surface area contributed by atoms with E-state index in [4.69, 9.17) is 11.2 Å². The van der Waals surface area contributed by atoms with E-state index >= 15 is 0 Å². The first-order chi connectivity index (χ1) is 8.35. The number of ether oxygens (including phenoxy) is 1. The summed E-state index contributed by atoms with van der Waals surface area (Å²) in [6.45, 7) is 0.811. The van der Waals surface area contributed by atoms with Crippen LogP contribution < -0.4 is 5.32 Å². The van der Waals surface area contributed by atoms with E-state index in [-0.39, 0.29) is 19.6 Å². The largest absolute Gasteiger partial charge is 0.468 e. The molecule has 7 heteroatoms. The Balaban J connectivity index is 2.80. The van der Waals surface area contributed by atoms with Gasteiger partial charge in [-0.05, 0) is 12.8 Å². The third kappa shape index (κ3) is 3.22. The molecular weight excluding hydrogens is 256 g/mol. The molecule has 0 aliphatic carbocycles. The Kier molecular flexibility index (Phi) is 4.73. The summed E-state index contributed by atoms with van der Waals surface area (Å²) < 4.78 is 28.9. The van der Waals surface area contributed by atoms with Crippen molar-refractivity contribution in [2.45, 2.75) is 18.4 Å². The highest BCUT2D eigenvalue weighted by Crippen LogP contribution is 2.25. The highest BCUT2D eigenvalue weighted by Gasteiger charge is 2.43. The summed E-state index contributed by atoms with van der Waals surface area (Å²) in [5.41, 5.74) is -0.873. The Labute approximate surface area is 108 Å². The van der Waals surface area contributed by atoms with Gasteiger partial charge in [-0.25, -0.2) is 12.7 Å². The van der Waals surface area contributed by atoms with Crippen LogP contribution in [0.25, 0.3) is 0 Å². The van der Waals surface area contributed by atoms with Gasteiger partial charge in [0, 0.05) is 13.1 Å². The fourth-order valence-corrected chi connectivity index (χ4v) is 2.91. The molecule has 0 aromatic rings. The van der Waals surface area contributed by atoms with Gasteiger partial charge in [0.15, 0.2) is 0 Å². The van der Waals surface area contributed by atoms with E-state index in [9.17, 15) is 13.2 Å². The predicted octanol–water partition coefficient (Wildman–Crippen LogP) is -0.824. The number of nitrogens with one attached hydrogen (secondary N) is 1. The van der Waals surface area contributed by atoms with E-state index in [1.807, 2.05) is 0 Å². The molecule has 0 amide bonds. The Morgan fingerprint density at radius 2 is 2.06 bits per heavy atom. The van der Waals surface area contributed by atoms with Gasteiger partial charge < -0.3 is 4.74 Å². The molecule has 18 heavy (non-hydrogen) atoms. The summed E-state index contributed by atoms with van der Waals surface area (Å²) in [5.74, 6) is 2.01. The maximum absolute atomic E-state index is 11.8. The molecule has 0 atom stereocenters. The van der Waals surface area contributed by atoms with Crippen LogP contribution in [-0.2, 0) is 19.6 Å². The molecule has 1 saturated heterocycles. The number of rotatable bonds is 4. The minimum absolute atomic E-state index is 0.244. The number of piperidine rings is 1. The van der Waals surface area contributed by atoms with E-state index in [0.29, 0.717) is 12.8 Å². The van der Waals surface area contributed by atoms with Crippen molar-refractivity contribution in [3.05, 3.63) is 0 Å². The predicted molar refractivity (Wildman–Crippen MR) is 67.2 cm³/mol. The number of hydrogen-bond acceptors (Lipinski definition) is 5. The summed E-state index contributed by atoms with van der Waals surface area (Å²) in [5, 5.41) is 2.98. The van der Waals surface area contributed by atoms with Gasteiger partial charge in [0.1, 0.15) is 5.54 Å². The lowest BCUT2D eigenvalue weighted by atomic mass is 9.88. The van der Waals surface area contributed by atoms with E-state index < -0.39 is 21.5 Å². The van der Waals surface area contributed by atoms with Gasteiger partial charge in [0.2, 0.25) is 10.0 Å². The quantitative estimate of drug-likeness (QED) is 0.535. The molecule has 0 spiro atoms. The lowest BCUT2D eigenvalue weighted by Crippen LogP contribution is -2.59. The second-order valence-corrected chi connectivity index (χ2v) is 6.28. The first-order valence-corrected chi connectivity index (χ1v) is 7.42. The number of esters is 1. The fourth-order valence-electron chi connectivity index (χ4n) is 2.07. The number of carbonyl (C=O) groups is 1. The zero-order valence-electron chi connectivity index (χ0n) is 10.6. The van der Waals surface area contributed by atoms with Crippen LogP contribution in [0, 0.1) is 12.3 Å². The Hall–Kier alpha value is -1.10. The van der Waals surface area contributed by atoms with Crippen molar-refractivity contribution in [1.82, 2.24) is 9.62 Å². The van der Waals surface area contributed by atoms with Crippen LogP contribution >= 0.6 is 0 Å². The van der Waals surface area contributed by atoms with Gasteiger partial charge in [0.25, 0.3) is 0 Å². The number of sulfonamides is 1. The molecule has 0 radical (unpaired) electrons. The summed E-state index contributed by atoms with van der Waals surface area (Å²) in [7, 11) is -1.91. The van der Waals surface area contributed by atoms with Gasteiger partial charge in [-0.3, -0.25) is 10.1 Å². The maximum Gasteiger partial charge on any atom is 0.326 e. The van der Waals surface area contributed by atoms with E-state index in [1.165, 1.54) is 11.4 Å². The van der Waals surface area contributed by atoms with Crippen molar-refractivity contribution in [2.24, 2.45) is 0 Å². The first kappa shape index (κ1) is 15.0. The molecule has 1 aliphatic heterocycles. The van der Waals surface area contributed by atoms with Crippen LogP contribution in [-0.4, -0.2) is 57.2 Å². The van der Waals surface area contributed by atoms with Crippen LogP contribution in [0.3, 0.4) is 0 Å². The molecule has 0 saturated carbocycles. The SMILES string of the molecule is C#CCNC1(C(=O)OC)CCN(S(C)(=O)=O)CC1. The molecule has 1 aliphatic rings. The van der Waals surface area contributed by atoms with E-state index in [0.717, 1.165) is 6.26 Å². The Bertz CT molecular complexity index is 444. The highest BCUT2D eigenvalue weighted by atomic mass is 32.2. The maximum atomic E-state index is 11.8. The average Bonchev–Trinajstić information content (AvgIpc) is 2.34. The topological polar surface area (TPSA) is 75.7 Å². The second-order valence-electron chi connectivity index (χ2n) is 4.29. The molecule has 0 bridgehead atoms. The Morgan fingerprint density at radius 1 is 1.50 bits per heavy atom. The van der Waals surface area contributed by atoms with Gasteiger partial charge in [-0.2, -0.15) is 0 Å². The molecule has 6 nitrogen and oxygen atoms in total. The van der Waals surface area contributed by atoms with Crippen LogP contribution in [0.1, 0.15) is 12.8 Å². The van der Waals surface area contributed by atoms with Gasteiger partial charge in [-0.1, -0.05) is 5.92 Å². The van der Waals surface area contributed by atoms with Crippen LogP contribution in [0.5, 0.6) is 0 Å². The Morgan fingerprint density at radius 3 is 2.44 bits per heavy atom. The van der Waals surface area contributed by atoms with Crippen molar-refractivity contribution in [1.29, 1.82) is 0 Å². The molecular formula is C11H18N2O4S. The van der Waals surface area contributed by atoms with Crippen molar-refractivity contribution in [2.75, 3.05) is 33.0 Å². The standard InChI is InChI=1S/C11H18N2O4S/c1-4-7-12-11(10(14)17-2)5-8-13(9-6-11)18(3,15)16/h1,12H,5-9H2,2-3H3. The van der Waals surface area contributed by atoms with Crippen LogP contribution in [0.15, 0.2) is 0 Å². The molecule has 1 fully saturated rings. The van der Waals surface area contributed by atoms with Crippen molar-refractivity contribution < 1.29 is 17.9 Å². The third-order valence-electron chi connectivity index (χ3n) is 3.15. The normalized spacial score (nSPS) is 20.1. The highest BCUT2D eigenvalue weighted by molar-refractivity contribution is 7.88. The third-order valence-corrected chi connectivity index (χ3v) is 4.45. The zero-order chi connectivity index (χ0) is 13.8. The minimum Gasteiger partial charge on any atom is -0.468 e. The van der Waals surface area contributed by atoms with Crippen LogP contribution in [0.2, 0.25) is 0 Å². The zero-order valence-corrected chi connectivity index (χ0v) is 11.4. The molecule has 1 heterocycles. The number of nitrogens with zero attached hydrogens (tertiary/aromatic N) is 1. The van der Waals surface area contributed by atoms with Gasteiger partial charge >= 0.3 is 5.97 Å². The molecule has 1 rings (SSSR count). The number of hydrogen-bond donors (Lipinski definition) is 1. The second kappa shape index (κ2) is 5.69. The van der Waals surface area contributed by atoms with Crippen molar-refractivity contribution in [3.8, 4) is 12.3 Å². The van der Waals surface area contributed by atoms with E-state index in [2.05, 4.69) is 11.2 Å². The number of terminal acetylenes is 1. The lowest BCUT2D eigenvalue weighted by Gasteiger charge is -2.38. The van der Waals surface area contributed by atoms with Gasteiger partial charge in [0.05, 0.1) is 19.9 Å². The smallest absolute Gasteiger partial charge is 0.326 e. The minimum atomic E-state index is -3.22. The molecule has 0 unspecified atom stereocenters. The molecule has 0 aromatic heterocycles. The van der Waals surface area contributed by atoms with Crippen LogP contribution in [0.4, 0.5) is 0 Å². The first-order valence-electron chi connectivity index (χ1n) is 5.58. The fraction of sp³-hybridized carbons (Fsp3) is 0.727. The van der Waals surface area contributed by atoms with Gasteiger partial charge in [-0.15, -0.1) is 6.42 Å². The van der Waals surface area contributed by atoms with Crippen molar-refractivity contribution in [3.63, 3.8) is 0 Å². The monoisotopic (exact) mass is 274 g/mol. The molecule has 102 valence electrons. The van der Waals surface area contributed by atoms with E-state index in [1.54, 1.807) is 0 Å². The summed E-state index contributed by atoms with van der Waals surface area (Å²) in [6.07, 6.45) is 7.04. The number of methoxy groups -OCH3 is 1. The molecule has 1 N–H and O–H groups in total. The summed E-state index contributed by atoms with van der Waals surface area (Å²) >= 11 is 0. The average molecular weight is 274 g/mol. The van der Waals surface area contributed by atoms with Crippen molar-refractivity contribution >= 4 is 16.0 Å².